The third-order valence-corrected chi connectivity index (χ3v) is 4.55. The van der Waals surface area contributed by atoms with Crippen LogP contribution in [0.3, 0.4) is 0 Å². The van der Waals surface area contributed by atoms with Crippen molar-refractivity contribution < 1.29 is 19.0 Å². The summed E-state index contributed by atoms with van der Waals surface area (Å²) in [6, 6.07) is 22.9. The highest BCUT2D eigenvalue weighted by Crippen LogP contribution is 2.34. The van der Waals surface area contributed by atoms with Crippen LogP contribution < -0.4 is 14.2 Å². The van der Waals surface area contributed by atoms with Crippen LogP contribution >= 0.6 is 0 Å². The summed E-state index contributed by atoms with van der Waals surface area (Å²) in [5.74, 6) is 2.08. The van der Waals surface area contributed by atoms with Crippen LogP contribution in [-0.2, 0) is 6.61 Å². The van der Waals surface area contributed by atoms with Crippen LogP contribution in [0.5, 0.6) is 17.2 Å². The van der Waals surface area contributed by atoms with E-state index in [2.05, 4.69) is 0 Å². The van der Waals surface area contributed by atoms with Gasteiger partial charge in [-0.05, 0) is 29.8 Å². The second-order valence-corrected chi connectivity index (χ2v) is 6.50. The number of carbonyl (C=O) groups is 1. The number of ketones is 1. The lowest BCUT2D eigenvalue weighted by Gasteiger charge is -2.07. The number of hydrogen-bond donors (Lipinski definition) is 0. The molecule has 0 spiro atoms. The lowest BCUT2D eigenvalue weighted by molar-refractivity contribution is 0.101. The first-order valence-corrected chi connectivity index (χ1v) is 9.29. The van der Waals surface area contributed by atoms with E-state index in [0.29, 0.717) is 23.7 Å². The lowest BCUT2D eigenvalue weighted by atomic mass is 10.1. The Morgan fingerprint density at radius 3 is 2.59 bits per heavy atom. The predicted octanol–water partition coefficient (Wildman–Crippen LogP) is 5.45. The Labute approximate surface area is 169 Å². The fourth-order valence-corrected chi connectivity index (χ4v) is 3.06. The van der Waals surface area contributed by atoms with E-state index in [4.69, 9.17) is 14.2 Å². The van der Waals surface area contributed by atoms with E-state index in [1.807, 2.05) is 60.7 Å². The zero-order valence-electron chi connectivity index (χ0n) is 16.0. The normalized spacial score (nSPS) is 14.1. The van der Waals surface area contributed by atoms with Crippen LogP contribution in [0.4, 0.5) is 0 Å². The Morgan fingerprint density at radius 2 is 1.76 bits per heavy atom. The van der Waals surface area contributed by atoms with Crippen molar-refractivity contribution in [1.82, 2.24) is 0 Å². The van der Waals surface area contributed by atoms with Crippen molar-refractivity contribution in [3.8, 4) is 17.2 Å². The highest BCUT2D eigenvalue weighted by molar-refractivity contribution is 6.12. The average Bonchev–Trinajstić information content (AvgIpc) is 3.08. The van der Waals surface area contributed by atoms with Crippen molar-refractivity contribution in [3.63, 3.8) is 0 Å². The maximum atomic E-state index is 12.6. The summed E-state index contributed by atoms with van der Waals surface area (Å²) in [4.78, 5) is 12.6. The molecule has 3 aromatic carbocycles. The molecule has 4 heteroatoms. The Kier molecular flexibility index (Phi) is 5.43. The molecule has 0 bridgehead atoms. The van der Waals surface area contributed by atoms with Crippen LogP contribution in [0, 0.1) is 0 Å². The lowest BCUT2D eigenvalue weighted by Crippen LogP contribution is -1.97. The highest BCUT2D eigenvalue weighted by atomic mass is 16.5. The number of methoxy groups -OCH3 is 1. The van der Waals surface area contributed by atoms with Crippen molar-refractivity contribution in [2.24, 2.45) is 0 Å². The number of para-hydroxylation sites is 1. The molecule has 0 saturated carbocycles. The minimum Gasteiger partial charge on any atom is -0.496 e. The highest BCUT2D eigenvalue weighted by Gasteiger charge is 2.27. The second kappa shape index (κ2) is 8.48. The van der Waals surface area contributed by atoms with Crippen molar-refractivity contribution in [3.05, 3.63) is 107 Å². The predicted molar refractivity (Wildman–Crippen MR) is 112 cm³/mol. The number of allylic oxidation sites excluding steroid dienone is 3. The van der Waals surface area contributed by atoms with Gasteiger partial charge < -0.3 is 14.2 Å². The van der Waals surface area contributed by atoms with Gasteiger partial charge in [-0.1, -0.05) is 60.7 Å². The van der Waals surface area contributed by atoms with E-state index in [-0.39, 0.29) is 11.5 Å². The third-order valence-electron chi connectivity index (χ3n) is 4.55. The molecule has 29 heavy (non-hydrogen) atoms. The molecule has 144 valence electrons. The SMILES string of the molecule is COc1ccccc1C=CC=C1Oc2cc(OCc3ccccc3)ccc2C1=O. The summed E-state index contributed by atoms with van der Waals surface area (Å²) >= 11 is 0. The van der Waals surface area contributed by atoms with Crippen molar-refractivity contribution in [2.45, 2.75) is 6.61 Å². The summed E-state index contributed by atoms with van der Waals surface area (Å²) in [7, 11) is 1.63. The smallest absolute Gasteiger partial charge is 0.231 e. The number of hydrogen-bond acceptors (Lipinski definition) is 4. The molecule has 0 unspecified atom stereocenters. The van der Waals surface area contributed by atoms with Gasteiger partial charge in [0.15, 0.2) is 5.76 Å². The van der Waals surface area contributed by atoms with Gasteiger partial charge in [0.25, 0.3) is 0 Å². The van der Waals surface area contributed by atoms with Crippen LogP contribution in [0.15, 0.2) is 90.7 Å². The summed E-state index contributed by atoms with van der Waals surface area (Å²) < 4.78 is 16.9. The van der Waals surface area contributed by atoms with Gasteiger partial charge in [-0.25, -0.2) is 0 Å². The Morgan fingerprint density at radius 1 is 0.966 bits per heavy atom. The minimum atomic E-state index is -0.140. The number of fused-ring (bicyclic) bond motifs is 1. The zero-order chi connectivity index (χ0) is 20.1. The first kappa shape index (κ1) is 18.6. The molecule has 4 nitrogen and oxygen atoms in total. The number of Topliss-reactive ketones (excluding diaryl/α,β-unsaturated/α-hetero) is 1. The second-order valence-electron chi connectivity index (χ2n) is 6.50. The van der Waals surface area contributed by atoms with E-state index in [0.717, 1.165) is 16.9 Å². The molecule has 3 aromatic rings. The molecule has 1 heterocycles. The van der Waals surface area contributed by atoms with Gasteiger partial charge in [0.1, 0.15) is 23.9 Å². The quantitative estimate of drug-likeness (QED) is 0.531. The number of ether oxygens (including phenoxy) is 3. The molecule has 0 amide bonds. The summed E-state index contributed by atoms with van der Waals surface area (Å²) in [6.45, 7) is 0.456. The van der Waals surface area contributed by atoms with Gasteiger partial charge in [-0.3, -0.25) is 4.79 Å². The molecule has 1 aliphatic rings. The van der Waals surface area contributed by atoms with Crippen LogP contribution in [0.1, 0.15) is 21.5 Å². The maximum absolute atomic E-state index is 12.6. The standard InChI is InChI=1S/C25H20O4/c1-27-22-12-6-5-10-19(22)11-7-13-23-25(26)21-15-14-20(16-24(21)29-23)28-17-18-8-3-2-4-9-18/h2-16H,17H2,1H3. The average molecular weight is 384 g/mol. The first-order chi connectivity index (χ1) is 14.2. The fourth-order valence-electron chi connectivity index (χ4n) is 3.06. The Hall–Kier alpha value is -3.79. The van der Waals surface area contributed by atoms with E-state index >= 15 is 0 Å². The van der Waals surface area contributed by atoms with E-state index in [1.54, 1.807) is 37.5 Å². The first-order valence-electron chi connectivity index (χ1n) is 9.29. The Bertz CT molecular complexity index is 1080. The Balaban J connectivity index is 1.46. The van der Waals surface area contributed by atoms with Gasteiger partial charge in [-0.15, -0.1) is 0 Å². The molecule has 0 saturated heterocycles. The molecule has 0 aromatic heterocycles. The third kappa shape index (κ3) is 4.22. The maximum Gasteiger partial charge on any atom is 0.231 e. The number of rotatable bonds is 6. The monoisotopic (exact) mass is 384 g/mol. The van der Waals surface area contributed by atoms with E-state index < -0.39 is 0 Å². The molecule has 0 aliphatic carbocycles. The van der Waals surface area contributed by atoms with E-state index in [9.17, 15) is 4.79 Å². The largest absolute Gasteiger partial charge is 0.496 e. The fraction of sp³-hybridized carbons (Fsp3) is 0.0800. The molecule has 4 rings (SSSR count). The summed E-state index contributed by atoms with van der Waals surface area (Å²) in [5.41, 5.74) is 2.53. The van der Waals surface area contributed by atoms with Crippen LogP contribution in [0.2, 0.25) is 0 Å². The van der Waals surface area contributed by atoms with Crippen molar-refractivity contribution in [2.75, 3.05) is 7.11 Å². The molecular weight excluding hydrogens is 364 g/mol. The molecule has 0 atom stereocenters. The molecular formula is C25H20O4. The number of benzene rings is 3. The van der Waals surface area contributed by atoms with Gasteiger partial charge in [0.2, 0.25) is 5.78 Å². The van der Waals surface area contributed by atoms with Crippen LogP contribution in [0.25, 0.3) is 6.08 Å². The van der Waals surface area contributed by atoms with Crippen molar-refractivity contribution in [1.29, 1.82) is 0 Å². The van der Waals surface area contributed by atoms with Gasteiger partial charge in [0.05, 0.1) is 12.7 Å². The summed E-state index contributed by atoms with van der Waals surface area (Å²) in [6.07, 6.45) is 5.32. The zero-order valence-corrected chi connectivity index (χ0v) is 16.0. The summed E-state index contributed by atoms with van der Waals surface area (Å²) in [5, 5.41) is 0. The van der Waals surface area contributed by atoms with Gasteiger partial charge in [0, 0.05) is 11.6 Å². The topological polar surface area (TPSA) is 44.8 Å². The molecule has 0 N–H and O–H groups in total. The van der Waals surface area contributed by atoms with E-state index in [1.165, 1.54) is 0 Å². The number of carbonyl (C=O) groups excluding carboxylic acids is 1. The minimum absolute atomic E-state index is 0.140. The molecule has 0 fully saturated rings. The van der Waals surface area contributed by atoms with Gasteiger partial charge >= 0.3 is 0 Å². The molecule has 0 radical (unpaired) electrons. The van der Waals surface area contributed by atoms with Crippen molar-refractivity contribution >= 4 is 11.9 Å². The van der Waals surface area contributed by atoms with Gasteiger partial charge in [-0.2, -0.15) is 0 Å². The van der Waals surface area contributed by atoms with Crippen LogP contribution in [-0.4, -0.2) is 12.9 Å². The molecule has 1 aliphatic heterocycles.